The average Bonchev–Trinajstić information content (AvgIpc) is 3.08. The number of amides is 1. The molecule has 0 saturated carbocycles. The third kappa shape index (κ3) is 6.32. The summed E-state index contributed by atoms with van der Waals surface area (Å²) in [6.07, 6.45) is -2.86. The van der Waals surface area contributed by atoms with E-state index in [0.29, 0.717) is 0 Å². The zero-order chi connectivity index (χ0) is 25.6. The molecule has 8 nitrogen and oxygen atoms in total. The van der Waals surface area contributed by atoms with Gasteiger partial charge in [0.1, 0.15) is 12.7 Å². The minimum absolute atomic E-state index is 0.128. The van der Waals surface area contributed by atoms with Crippen LogP contribution in [0.25, 0.3) is 0 Å². The molecule has 1 heterocycles. The highest BCUT2D eigenvalue weighted by molar-refractivity contribution is 6.24. The number of ketones is 1. The largest absolute Gasteiger partial charge is 0.459 e. The lowest BCUT2D eigenvalue weighted by Crippen LogP contribution is -2.49. The lowest BCUT2D eigenvalue weighted by atomic mass is 10.1. The second-order valence-corrected chi connectivity index (χ2v) is 8.29. The van der Waals surface area contributed by atoms with E-state index in [0.717, 1.165) is 24.1 Å². The van der Waals surface area contributed by atoms with Crippen molar-refractivity contribution in [1.29, 1.82) is 0 Å². The van der Waals surface area contributed by atoms with Gasteiger partial charge < -0.3 is 14.2 Å². The number of esters is 2. The number of carbonyl (C=O) groups is 4. The first-order valence-corrected chi connectivity index (χ1v) is 11.0. The van der Waals surface area contributed by atoms with E-state index in [1.165, 1.54) is 31.2 Å². The predicted octanol–water partition coefficient (Wildman–Crippen LogP) is 3.65. The van der Waals surface area contributed by atoms with E-state index < -0.39 is 53.8 Å². The van der Waals surface area contributed by atoms with Gasteiger partial charge in [0.05, 0.1) is 11.1 Å². The highest BCUT2D eigenvalue weighted by Gasteiger charge is 2.62. The zero-order valence-electron chi connectivity index (χ0n) is 18.9. The van der Waals surface area contributed by atoms with Crippen molar-refractivity contribution in [3.63, 3.8) is 0 Å². The number of benzene rings is 2. The molecule has 1 fully saturated rings. The average molecular weight is 504 g/mol. The van der Waals surface area contributed by atoms with Gasteiger partial charge in [-0.15, -0.1) is 0 Å². The van der Waals surface area contributed by atoms with Gasteiger partial charge in [-0.25, -0.2) is 14.0 Å². The molecule has 0 radical (unpaired) electrons. The highest BCUT2D eigenvalue weighted by Crippen LogP contribution is 2.42. The Labute approximate surface area is 206 Å². The van der Waals surface area contributed by atoms with Crippen molar-refractivity contribution < 1.29 is 37.8 Å². The molecule has 0 spiro atoms. The molecule has 0 unspecified atom stereocenters. The molecule has 0 bridgehead atoms. The summed E-state index contributed by atoms with van der Waals surface area (Å²) >= 11 is 6.19. The predicted molar refractivity (Wildman–Crippen MR) is 123 cm³/mol. The van der Waals surface area contributed by atoms with Crippen LogP contribution in [0.3, 0.4) is 0 Å². The van der Waals surface area contributed by atoms with E-state index in [9.17, 15) is 19.2 Å². The summed E-state index contributed by atoms with van der Waals surface area (Å²) in [5.41, 5.74) is 0.371. The van der Waals surface area contributed by atoms with Crippen molar-refractivity contribution in [2.75, 3.05) is 6.61 Å². The van der Waals surface area contributed by atoms with E-state index in [4.69, 9.17) is 25.8 Å². The number of hydrogen-bond acceptors (Lipinski definition) is 7. The summed E-state index contributed by atoms with van der Waals surface area (Å²) in [7, 11) is 0. The summed E-state index contributed by atoms with van der Waals surface area (Å²) in [6, 6.07) is 15.9. The summed E-state index contributed by atoms with van der Waals surface area (Å²) in [6.45, 7) is 1.83. The van der Waals surface area contributed by atoms with Gasteiger partial charge in [-0.1, -0.05) is 48.0 Å². The smallest absolute Gasteiger partial charge is 0.338 e. The molecule has 0 N–H and O–H groups in total. The molecule has 1 aliphatic rings. The molecule has 4 atom stereocenters. The molecule has 1 saturated heterocycles. The SMILES string of the molecule is CC(=O)/C=C\N(C(C)=O)[C@@H]1O[C@H](COC(=O)c2ccccc2)[C@@H](OC(=O)c2ccccc2)[C@]1(F)Cl. The number of ether oxygens (including phenoxy) is 3. The number of alkyl halides is 2. The van der Waals surface area contributed by atoms with Crippen LogP contribution >= 0.6 is 11.6 Å². The topological polar surface area (TPSA) is 99.2 Å². The van der Waals surface area contributed by atoms with Crippen LogP contribution in [0.5, 0.6) is 0 Å². The fraction of sp³-hybridized carbons (Fsp3) is 0.280. The number of nitrogens with zero attached hydrogens (tertiary/aromatic N) is 1. The van der Waals surface area contributed by atoms with Gasteiger partial charge in [-0.2, -0.15) is 0 Å². The van der Waals surface area contributed by atoms with Gasteiger partial charge in [0.25, 0.3) is 5.13 Å². The maximum absolute atomic E-state index is 16.0. The first-order chi connectivity index (χ1) is 16.6. The van der Waals surface area contributed by atoms with Crippen LogP contribution in [-0.4, -0.2) is 58.7 Å². The fourth-order valence-electron chi connectivity index (χ4n) is 3.35. The van der Waals surface area contributed by atoms with Gasteiger partial charge in [0.15, 0.2) is 18.1 Å². The standard InChI is InChI=1S/C25H23ClFNO7/c1-16(29)13-14-28(17(2)30)24-25(26,27)21(35-23(32)19-11-7-4-8-12-19)20(34-24)15-33-22(31)18-9-5-3-6-10-18/h3-14,20-21,24H,15H2,1-2H3/b14-13-/t20-,21-,24-,25-/m1/s1. The lowest BCUT2D eigenvalue weighted by Gasteiger charge is -2.30. The molecule has 35 heavy (non-hydrogen) atoms. The molecule has 184 valence electrons. The van der Waals surface area contributed by atoms with Gasteiger partial charge in [-0.3, -0.25) is 14.5 Å². The molecular weight excluding hydrogens is 481 g/mol. The Bertz CT molecular complexity index is 1110. The first-order valence-electron chi connectivity index (χ1n) is 10.6. The van der Waals surface area contributed by atoms with E-state index >= 15 is 4.39 Å². The van der Waals surface area contributed by atoms with Crippen LogP contribution in [0.15, 0.2) is 72.9 Å². The number of rotatable bonds is 8. The Balaban J connectivity index is 1.88. The van der Waals surface area contributed by atoms with Crippen LogP contribution in [0.2, 0.25) is 0 Å². The maximum atomic E-state index is 16.0. The monoisotopic (exact) mass is 503 g/mol. The molecule has 0 aliphatic carbocycles. The van der Waals surface area contributed by atoms with Crippen LogP contribution in [-0.2, 0) is 23.8 Å². The Morgan fingerprint density at radius 1 is 1.00 bits per heavy atom. The lowest BCUT2D eigenvalue weighted by molar-refractivity contribution is -0.142. The maximum Gasteiger partial charge on any atom is 0.338 e. The summed E-state index contributed by atoms with van der Waals surface area (Å²) < 4.78 is 32.2. The normalized spacial score (nSPS) is 23.6. The highest BCUT2D eigenvalue weighted by atomic mass is 35.5. The van der Waals surface area contributed by atoms with Gasteiger partial charge in [0, 0.05) is 13.1 Å². The number of allylic oxidation sites excluding steroid dienone is 1. The van der Waals surface area contributed by atoms with Crippen LogP contribution in [0.1, 0.15) is 34.6 Å². The van der Waals surface area contributed by atoms with Crippen molar-refractivity contribution in [1.82, 2.24) is 4.90 Å². The Hall–Kier alpha value is -3.56. The van der Waals surface area contributed by atoms with Crippen molar-refractivity contribution in [2.24, 2.45) is 0 Å². The molecule has 1 amide bonds. The number of carbonyl (C=O) groups excluding carboxylic acids is 4. The minimum atomic E-state index is -2.94. The first kappa shape index (κ1) is 26.1. The quantitative estimate of drug-likeness (QED) is 0.308. The summed E-state index contributed by atoms with van der Waals surface area (Å²) in [5.74, 6) is -2.71. The van der Waals surface area contributed by atoms with Crippen molar-refractivity contribution in [3.05, 3.63) is 84.1 Å². The van der Waals surface area contributed by atoms with Crippen molar-refractivity contribution >= 4 is 35.2 Å². The van der Waals surface area contributed by atoms with Gasteiger partial charge in [0.2, 0.25) is 5.91 Å². The van der Waals surface area contributed by atoms with Crippen LogP contribution < -0.4 is 0 Å². The Kier molecular flexibility index (Phi) is 8.37. The van der Waals surface area contributed by atoms with E-state index in [-0.39, 0.29) is 11.1 Å². The number of hydrogen-bond donors (Lipinski definition) is 0. The van der Waals surface area contributed by atoms with Crippen molar-refractivity contribution in [3.8, 4) is 0 Å². The van der Waals surface area contributed by atoms with Crippen LogP contribution in [0, 0.1) is 0 Å². The third-order valence-corrected chi connectivity index (χ3v) is 5.47. The fourth-order valence-corrected chi connectivity index (χ4v) is 3.70. The summed E-state index contributed by atoms with van der Waals surface area (Å²) in [5, 5.41) is -2.94. The number of halogens is 2. The summed E-state index contributed by atoms with van der Waals surface area (Å²) in [4.78, 5) is 49.4. The molecule has 2 aromatic rings. The second kappa shape index (κ2) is 11.2. The molecular formula is C25H23ClFNO7. The molecule has 1 aliphatic heterocycles. The van der Waals surface area contributed by atoms with Crippen LogP contribution in [0.4, 0.5) is 4.39 Å². The van der Waals surface area contributed by atoms with Gasteiger partial charge >= 0.3 is 11.9 Å². The Morgan fingerprint density at radius 3 is 2.06 bits per heavy atom. The molecule has 3 rings (SSSR count). The Morgan fingerprint density at radius 2 is 1.54 bits per heavy atom. The molecule has 2 aromatic carbocycles. The molecule has 0 aromatic heterocycles. The van der Waals surface area contributed by atoms with Crippen molar-refractivity contribution in [2.45, 2.75) is 37.4 Å². The van der Waals surface area contributed by atoms with E-state index in [1.807, 2.05) is 0 Å². The third-order valence-electron chi connectivity index (χ3n) is 5.07. The second-order valence-electron chi connectivity index (χ2n) is 7.71. The van der Waals surface area contributed by atoms with E-state index in [1.54, 1.807) is 36.4 Å². The van der Waals surface area contributed by atoms with Gasteiger partial charge in [-0.05, 0) is 37.3 Å². The zero-order valence-corrected chi connectivity index (χ0v) is 19.7. The minimum Gasteiger partial charge on any atom is -0.459 e. The van der Waals surface area contributed by atoms with E-state index in [2.05, 4.69) is 0 Å². The molecule has 10 heteroatoms.